The summed E-state index contributed by atoms with van der Waals surface area (Å²) < 4.78 is 5.39. The molecule has 0 heterocycles. The molecule has 1 aliphatic rings. The van der Waals surface area contributed by atoms with E-state index in [0.29, 0.717) is 6.04 Å². The third kappa shape index (κ3) is 3.65. The van der Waals surface area contributed by atoms with E-state index in [4.69, 9.17) is 10.5 Å². The van der Waals surface area contributed by atoms with Crippen LogP contribution in [0.25, 0.3) is 0 Å². The molecule has 0 amide bonds. The predicted octanol–water partition coefficient (Wildman–Crippen LogP) is 2.32. The lowest BCUT2D eigenvalue weighted by Gasteiger charge is -2.24. The highest BCUT2D eigenvalue weighted by molar-refractivity contribution is 4.80. The van der Waals surface area contributed by atoms with Crippen LogP contribution in [-0.2, 0) is 4.74 Å². The Kier molecular flexibility index (Phi) is 3.74. The molecule has 0 aromatic rings. The van der Waals surface area contributed by atoms with Crippen LogP contribution in [0.4, 0.5) is 0 Å². The van der Waals surface area contributed by atoms with Gasteiger partial charge in [0.25, 0.3) is 0 Å². The maximum absolute atomic E-state index is 5.87. The van der Waals surface area contributed by atoms with Crippen LogP contribution in [0.5, 0.6) is 0 Å². The lowest BCUT2D eigenvalue weighted by atomic mass is 9.94. The standard InChI is InChI=1S/C11H23NO/c1-11(2,13-3)7-6-9-4-5-10(12)8-9/h9-10H,4-8,12H2,1-3H3. The quantitative estimate of drug-likeness (QED) is 0.729. The van der Waals surface area contributed by atoms with Crippen LogP contribution >= 0.6 is 0 Å². The fourth-order valence-electron chi connectivity index (χ4n) is 2.03. The molecule has 1 rings (SSSR count). The van der Waals surface area contributed by atoms with Crippen molar-refractivity contribution in [1.29, 1.82) is 0 Å². The molecule has 1 aliphatic carbocycles. The Morgan fingerprint density at radius 1 is 1.38 bits per heavy atom. The molecule has 0 spiro atoms. The van der Waals surface area contributed by atoms with Crippen LogP contribution < -0.4 is 5.73 Å². The molecule has 2 nitrogen and oxygen atoms in total. The van der Waals surface area contributed by atoms with Crippen LogP contribution in [0.15, 0.2) is 0 Å². The summed E-state index contributed by atoms with van der Waals surface area (Å²) >= 11 is 0. The fourth-order valence-corrected chi connectivity index (χ4v) is 2.03. The second-order valence-corrected chi connectivity index (χ2v) is 4.94. The first kappa shape index (κ1) is 11.0. The number of rotatable bonds is 4. The van der Waals surface area contributed by atoms with Crippen molar-refractivity contribution in [3.8, 4) is 0 Å². The van der Waals surface area contributed by atoms with E-state index in [1.165, 1.54) is 25.7 Å². The zero-order valence-corrected chi connectivity index (χ0v) is 9.18. The SMILES string of the molecule is COC(C)(C)CCC1CCC(N)C1. The van der Waals surface area contributed by atoms with Gasteiger partial charge in [-0.05, 0) is 51.9 Å². The lowest BCUT2D eigenvalue weighted by molar-refractivity contribution is 0.0105. The Balaban J connectivity index is 2.19. The molecule has 2 N–H and O–H groups in total. The molecule has 1 fully saturated rings. The van der Waals surface area contributed by atoms with E-state index in [1.807, 2.05) is 0 Å². The molecule has 0 aromatic carbocycles. The Bertz CT molecular complexity index is 156. The largest absolute Gasteiger partial charge is 0.379 e. The molecule has 2 heteroatoms. The summed E-state index contributed by atoms with van der Waals surface area (Å²) in [5, 5.41) is 0. The summed E-state index contributed by atoms with van der Waals surface area (Å²) in [6, 6.07) is 0.468. The van der Waals surface area contributed by atoms with Gasteiger partial charge in [0, 0.05) is 13.2 Å². The van der Waals surface area contributed by atoms with E-state index in [9.17, 15) is 0 Å². The molecule has 0 aromatic heterocycles. The minimum Gasteiger partial charge on any atom is -0.379 e. The molecule has 78 valence electrons. The zero-order chi connectivity index (χ0) is 9.90. The van der Waals surface area contributed by atoms with E-state index in [-0.39, 0.29) is 5.60 Å². The van der Waals surface area contributed by atoms with Gasteiger partial charge in [-0.1, -0.05) is 0 Å². The van der Waals surface area contributed by atoms with Crippen molar-refractivity contribution in [2.45, 2.75) is 57.6 Å². The van der Waals surface area contributed by atoms with E-state index >= 15 is 0 Å². The predicted molar refractivity (Wildman–Crippen MR) is 55.6 cm³/mol. The molecule has 13 heavy (non-hydrogen) atoms. The number of hydrogen-bond acceptors (Lipinski definition) is 2. The van der Waals surface area contributed by atoms with E-state index in [0.717, 1.165) is 12.3 Å². The van der Waals surface area contributed by atoms with Crippen molar-refractivity contribution in [3.05, 3.63) is 0 Å². The van der Waals surface area contributed by atoms with Crippen molar-refractivity contribution in [2.75, 3.05) is 7.11 Å². The minimum atomic E-state index is 0.0483. The molecule has 0 aliphatic heterocycles. The molecule has 0 radical (unpaired) electrons. The number of hydrogen-bond donors (Lipinski definition) is 1. The first-order valence-electron chi connectivity index (χ1n) is 5.34. The number of nitrogens with two attached hydrogens (primary N) is 1. The number of ether oxygens (including phenoxy) is 1. The van der Waals surface area contributed by atoms with E-state index < -0.39 is 0 Å². The average Bonchev–Trinajstić information content (AvgIpc) is 2.48. The first-order valence-corrected chi connectivity index (χ1v) is 5.34. The van der Waals surface area contributed by atoms with Crippen LogP contribution in [0, 0.1) is 5.92 Å². The van der Waals surface area contributed by atoms with Gasteiger partial charge >= 0.3 is 0 Å². The Hall–Kier alpha value is -0.0800. The summed E-state index contributed by atoms with van der Waals surface area (Å²) in [7, 11) is 1.79. The molecule has 2 unspecified atom stereocenters. The second kappa shape index (κ2) is 4.43. The van der Waals surface area contributed by atoms with E-state index in [1.54, 1.807) is 7.11 Å². The Labute approximate surface area is 81.8 Å². The summed E-state index contributed by atoms with van der Waals surface area (Å²) in [6.07, 6.45) is 6.19. The third-order valence-electron chi connectivity index (χ3n) is 3.29. The zero-order valence-electron chi connectivity index (χ0n) is 9.18. The Morgan fingerprint density at radius 3 is 2.54 bits per heavy atom. The highest BCUT2D eigenvalue weighted by atomic mass is 16.5. The van der Waals surface area contributed by atoms with Gasteiger partial charge < -0.3 is 10.5 Å². The second-order valence-electron chi connectivity index (χ2n) is 4.94. The van der Waals surface area contributed by atoms with E-state index in [2.05, 4.69) is 13.8 Å². The van der Waals surface area contributed by atoms with Crippen LogP contribution in [0.2, 0.25) is 0 Å². The lowest BCUT2D eigenvalue weighted by Crippen LogP contribution is -2.23. The minimum absolute atomic E-state index is 0.0483. The molecule has 1 saturated carbocycles. The van der Waals surface area contributed by atoms with Gasteiger partial charge in [0.05, 0.1) is 5.60 Å². The normalized spacial score (nSPS) is 29.5. The summed E-state index contributed by atoms with van der Waals surface area (Å²) in [4.78, 5) is 0. The van der Waals surface area contributed by atoms with Crippen molar-refractivity contribution >= 4 is 0 Å². The van der Waals surface area contributed by atoms with Crippen molar-refractivity contribution in [1.82, 2.24) is 0 Å². The first-order chi connectivity index (χ1) is 6.03. The van der Waals surface area contributed by atoms with Gasteiger partial charge in [0.2, 0.25) is 0 Å². The maximum Gasteiger partial charge on any atom is 0.0622 e. The van der Waals surface area contributed by atoms with Gasteiger partial charge in [-0.2, -0.15) is 0 Å². The molecular formula is C11H23NO. The highest BCUT2D eigenvalue weighted by Gasteiger charge is 2.24. The van der Waals surface area contributed by atoms with Crippen molar-refractivity contribution in [2.24, 2.45) is 11.7 Å². The van der Waals surface area contributed by atoms with Crippen LogP contribution in [-0.4, -0.2) is 18.8 Å². The average molecular weight is 185 g/mol. The van der Waals surface area contributed by atoms with Gasteiger partial charge in [-0.15, -0.1) is 0 Å². The summed E-state index contributed by atoms with van der Waals surface area (Å²) in [5.74, 6) is 0.851. The topological polar surface area (TPSA) is 35.2 Å². The van der Waals surface area contributed by atoms with Gasteiger partial charge in [0.15, 0.2) is 0 Å². The summed E-state index contributed by atoms with van der Waals surface area (Å²) in [6.45, 7) is 4.31. The fraction of sp³-hybridized carbons (Fsp3) is 1.00. The van der Waals surface area contributed by atoms with Crippen LogP contribution in [0.3, 0.4) is 0 Å². The van der Waals surface area contributed by atoms with Gasteiger partial charge in [0.1, 0.15) is 0 Å². The molecular weight excluding hydrogens is 162 g/mol. The van der Waals surface area contributed by atoms with Crippen LogP contribution in [0.1, 0.15) is 46.0 Å². The maximum atomic E-state index is 5.87. The highest BCUT2D eigenvalue weighted by Crippen LogP contribution is 2.30. The van der Waals surface area contributed by atoms with Gasteiger partial charge in [-0.25, -0.2) is 0 Å². The summed E-state index contributed by atoms with van der Waals surface area (Å²) in [5.41, 5.74) is 5.91. The molecule has 0 bridgehead atoms. The molecule has 2 atom stereocenters. The smallest absolute Gasteiger partial charge is 0.0622 e. The molecule has 0 saturated heterocycles. The van der Waals surface area contributed by atoms with Gasteiger partial charge in [-0.3, -0.25) is 0 Å². The monoisotopic (exact) mass is 185 g/mol. The van der Waals surface area contributed by atoms with Crippen molar-refractivity contribution in [3.63, 3.8) is 0 Å². The third-order valence-corrected chi connectivity index (χ3v) is 3.29. The number of methoxy groups -OCH3 is 1. The van der Waals surface area contributed by atoms with Crippen molar-refractivity contribution < 1.29 is 4.74 Å². The Morgan fingerprint density at radius 2 is 2.08 bits per heavy atom.